The zero-order valence-corrected chi connectivity index (χ0v) is 35.0. The first-order valence-electron chi connectivity index (χ1n) is 22.3. The van der Waals surface area contributed by atoms with Crippen LogP contribution in [-0.4, -0.2) is 0 Å². The number of fused-ring (bicyclic) bond motifs is 13. The van der Waals surface area contributed by atoms with Gasteiger partial charge in [-0.3, -0.25) is 0 Å². The van der Waals surface area contributed by atoms with Gasteiger partial charge in [0, 0.05) is 32.5 Å². The van der Waals surface area contributed by atoms with E-state index < -0.39 is 0 Å². The van der Waals surface area contributed by atoms with Crippen molar-refractivity contribution in [3.8, 4) is 44.5 Å². The molecule has 0 aliphatic heterocycles. The van der Waals surface area contributed by atoms with Crippen LogP contribution in [0.25, 0.3) is 88.4 Å². The van der Waals surface area contributed by atoms with E-state index in [0.29, 0.717) is 0 Å². The Morgan fingerprint density at radius 1 is 0.540 bits per heavy atom. The third kappa shape index (κ3) is 5.66. The van der Waals surface area contributed by atoms with Gasteiger partial charge in [-0.2, -0.15) is 0 Å². The van der Waals surface area contributed by atoms with Gasteiger partial charge in [0.2, 0.25) is 0 Å². The van der Waals surface area contributed by atoms with Gasteiger partial charge in [-0.1, -0.05) is 159 Å². The summed E-state index contributed by atoms with van der Waals surface area (Å²) in [6.45, 7) is 2.45. The minimum Gasteiger partial charge on any atom is -0.456 e. The van der Waals surface area contributed by atoms with Crippen molar-refractivity contribution in [3.05, 3.63) is 228 Å². The number of furan rings is 2. The zero-order chi connectivity index (χ0) is 41.6. The van der Waals surface area contributed by atoms with Crippen LogP contribution in [-0.2, 0) is 24.7 Å². The molecular weight excluding hydrogens is 765 g/mol. The topological polar surface area (TPSA) is 26.3 Å². The van der Waals surface area contributed by atoms with Gasteiger partial charge in [0.25, 0.3) is 0 Å². The van der Waals surface area contributed by atoms with E-state index in [1.807, 2.05) is 6.07 Å². The van der Waals surface area contributed by atoms with Gasteiger partial charge < -0.3 is 8.83 Å². The van der Waals surface area contributed by atoms with Crippen LogP contribution in [0, 0.1) is 12.1 Å². The van der Waals surface area contributed by atoms with E-state index in [9.17, 15) is 0 Å². The van der Waals surface area contributed by atoms with Gasteiger partial charge in [-0.15, -0.1) is 0 Å². The number of aryl methyl sites for hydroxylation is 1. The Labute approximate surface area is 367 Å². The van der Waals surface area contributed by atoms with Gasteiger partial charge in [0.05, 0.1) is 0 Å². The van der Waals surface area contributed by atoms with Crippen molar-refractivity contribution in [2.45, 2.75) is 43.9 Å². The molecular formula is C61H42O2. The maximum Gasteiger partial charge on any atom is 0.135 e. The molecule has 13 rings (SSSR count). The van der Waals surface area contributed by atoms with Gasteiger partial charge in [0.15, 0.2) is 0 Å². The summed E-state index contributed by atoms with van der Waals surface area (Å²) < 4.78 is 12.8. The first-order chi connectivity index (χ1) is 31.1. The average Bonchev–Trinajstić information content (AvgIpc) is 3.85. The van der Waals surface area contributed by atoms with Crippen molar-refractivity contribution in [1.82, 2.24) is 0 Å². The quantitative estimate of drug-likeness (QED) is 0.173. The lowest BCUT2D eigenvalue weighted by atomic mass is 9.63. The SMILES string of the molecule is CC1(c2ccc(-c3ccccc3)cc2)Cc2c#cccc2-c2c1ccc1c2-c2c(cccc2-c2ccc3oc4ccccc4c3c2)CCC1Cc1ccc2c(c1)oc1ccccc12. The standard InChI is InChI=1S/C61H42O2/c1-61(45-28-25-40(26-29-45)39-12-3-2-4-13-39)37-44-14-5-6-16-47(44)59-53(61)32-31-48-42(34-38-22-30-51-49-17-7-9-20-54(49)63-57(51)35-38)24-23-41-15-11-19-46(58(41)60(48)59)43-27-33-56-52(36-43)50-18-8-10-21-55(50)62-56/h2-4,6-13,15-22,25-33,35-36,42H,23-24,34,37H2,1H3. The number of para-hydroxylation sites is 2. The first kappa shape index (κ1) is 36.1. The largest absolute Gasteiger partial charge is 0.456 e. The second-order valence-corrected chi connectivity index (χ2v) is 17.9. The summed E-state index contributed by atoms with van der Waals surface area (Å²) in [5.74, 6) is 0.272. The van der Waals surface area contributed by atoms with Gasteiger partial charge >= 0.3 is 0 Å². The predicted molar refractivity (Wildman–Crippen MR) is 258 cm³/mol. The van der Waals surface area contributed by atoms with E-state index in [1.165, 1.54) is 88.7 Å². The van der Waals surface area contributed by atoms with Crippen LogP contribution in [0.2, 0.25) is 0 Å². The van der Waals surface area contributed by atoms with E-state index in [4.69, 9.17) is 8.83 Å². The highest BCUT2D eigenvalue weighted by molar-refractivity contribution is 6.08. The van der Waals surface area contributed by atoms with E-state index in [2.05, 4.69) is 195 Å². The van der Waals surface area contributed by atoms with E-state index in [0.717, 1.165) is 58.8 Å². The molecule has 2 aliphatic carbocycles. The Hall–Kier alpha value is -7.60. The molecule has 9 aromatic carbocycles. The molecule has 11 aromatic rings. The fraction of sp³-hybridized carbons (Fsp3) is 0.115. The van der Waals surface area contributed by atoms with Crippen LogP contribution in [0.3, 0.4) is 0 Å². The molecule has 0 spiro atoms. The molecule has 0 saturated carbocycles. The monoisotopic (exact) mass is 806 g/mol. The lowest BCUT2D eigenvalue weighted by molar-refractivity contribution is 0.560. The van der Waals surface area contributed by atoms with Crippen LogP contribution >= 0.6 is 0 Å². The summed E-state index contributed by atoms with van der Waals surface area (Å²) in [6.07, 6.45) is 3.76. The minimum absolute atomic E-state index is 0.272. The summed E-state index contributed by atoms with van der Waals surface area (Å²) in [5, 5.41) is 4.63. The minimum atomic E-state index is -0.309. The summed E-state index contributed by atoms with van der Waals surface area (Å²) in [6, 6.07) is 73.8. The van der Waals surface area contributed by atoms with Crippen molar-refractivity contribution in [3.63, 3.8) is 0 Å². The smallest absolute Gasteiger partial charge is 0.135 e. The molecule has 0 bridgehead atoms. The van der Waals surface area contributed by atoms with Crippen LogP contribution < -0.4 is 0 Å². The summed E-state index contributed by atoms with van der Waals surface area (Å²) in [5.41, 5.74) is 21.6. The maximum absolute atomic E-state index is 6.44. The second kappa shape index (κ2) is 14.0. The van der Waals surface area contributed by atoms with Crippen molar-refractivity contribution in [1.29, 1.82) is 0 Å². The highest BCUT2D eigenvalue weighted by atomic mass is 16.3. The van der Waals surface area contributed by atoms with Gasteiger partial charge in [0.1, 0.15) is 22.3 Å². The molecule has 63 heavy (non-hydrogen) atoms. The Bertz CT molecular complexity index is 3580. The molecule has 0 amide bonds. The third-order valence-electron chi connectivity index (χ3n) is 14.4. The normalized spacial score (nSPS) is 16.6. The Morgan fingerprint density at radius 3 is 2.10 bits per heavy atom. The highest BCUT2D eigenvalue weighted by Crippen LogP contribution is 2.55. The highest BCUT2D eigenvalue weighted by Gasteiger charge is 2.40. The lowest BCUT2D eigenvalue weighted by Gasteiger charge is -2.39. The molecule has 0 radical (unpaired) electrons. The number of benzene rings is 8. The summed E-state index contributed by atoms with van der Waals surface area (Å²) >= 11 is 0. The zero-order valence-electron chi connectivity index (χ0n) is 35.0. The van der Waals surface area contributed by atoms with Gasteiger partial charge in [-0.05, 0) is 146 Å². The van der Waals surface area contributed by atoms with Crippen molar-refractivity contribution in [2.75, 3.05) is 0 Å². The molecule has 2 aliphatic rings. The fourth-order valence-electron chi connectivity index (χ4n) is 11.2. The van der Waals surface area contributed by atoms with E-state index in [-0.39, 0.29) is 11.3 Å². The molecule has 2 nitrogen and oxygen atoms in total. The fourth-order valence-corrected chi connectivity index (χ4v) is 11.2. The van der Waals surface area contributed by atoms with Crippen molar-refractivity contribution in [2.24, 2.45) is 0 Å². The molecule has 0 N–H and O–H groups in total. The van der Waals surface area contributed by atoms with E-state index >= 15 is 0 Å². The Balaban J connectivity index is 1.04. The number of hydrogen-bond donors (Lipinski definition) is 0. The second-order valence-electron chi connectivity index (χ2n) is 17.9. The lowest BCUT2D eigenvalue weighted by Crippen LogP contribution is -2.31. The van der Waals surface area contributed by atoms with Crippen LogP contribution in [0.15, 0.2) is 191 Å². The van der Waals surface area contributed by atoms with Gasteiger partial charge in [-0.25, -0.2) is 0 Å². The van der Waals surface area contributed by atoms with Crippen molar-refractivity contribution >= 4 is 43.9 Å². The summed E-state index contributed by atoms with van der Waals surface area (Å²) in [7, 11) is 0. The molecule has 2 atom stereocenters. The molecule has 2 heteroatoms. The maximum atomic E-state index is 6.44. The molecule has 298 valence electrons. The Kier molecular flexibility index (Phi) is 8.00. The molecule has 2 aromatic heterocycles. The Morgan fingerprint density at radius 2 is 1.25 bits per heavy atom. The third-order valence-corrected chi connectivity index (χ3v) is 14.4. The van der Waals surface area contributed by atoms with E-state index in [1.54, 1.807) is 0 Å². The summed E-state index contributed by atoms with van der Waals surface area (Å²) in [4.78, 5) is 0. The number of rotatable bonds is 5. The first-order valence-corrected chi connectivity index (χ1v) is 22.3. The molecule has 0 fully saturated rings. The van der Waals surface area contributed by atoms with Crippen LogP contribution in [0.4, 0.5) is 0 Å². The number of hydrogen-bond acceptors (Lipinski definition) is 2. The molecule has 0 saturated heterocycles. The molecule has 2 heterocycles. The average molecular weight is 807 g/mol. The van der Waals surface area contributed by atoms with Crippen LogP contribution in [0.5, 0.6) is 0 Å². The van der Waals surface area contributed by atoms with Crippen LogP contribution in [0.1, 0.15) is 52.6 Å². The van der Waals surface area contributed by atoms with Crippen molar-refractivity contribution < 1.29 is 8.83 Å². The molecule has 2 unspecified atom stereocenters. The predicted octanol–water partition coefficient (Wildman–Crippen LogP) is 15.9.